The zero-order valence-electron chi connectivity index (χ0n) is 10.4. The van der Waals surface area contributed by atoms with Gasteiger partial charge in [0.1, 0.15) is 11.9 Å². The quantitative estimate of drug-likeness (QED) is 0.782. The van der Waals surface area contributed by atoms with Crippen molar-refractivity contribution in [3.05, 3.63) is 29.3 Å². The van der Waals surface area contributed by atoms with E-state index in [9.17, 15) is 23.8 Å². The molecule has 106 valence electrons. The van der Waals surface area contributed by atoms with Gasteiger partial charge in [0.15, 0.2) is 17.7 Å². The summed E-state index contributed by atoms with van der Waals surface area (Å²) in [6, 6.07) is 1.37. The Morgan fingerprint density at radius 3 is 2.42 bits per heavy atom. The minimum Gasteiger partial charge on any atom is -0.496 e. The Hall–Kier alpha value is -1.73. The van der Waals surface area contributed by atoms with Gasteiger partial charge >= 0.3 is 5.97 Å². The predicted octanol–water partition coefficient (Wildman–Crippen LogP) is 0.931. The molecule has 0 radical (unpaired) electrons. The molecule has 2 atom stereocenters. The van der Waals surface area contributed by atoms with Crippen molar-refractivity contribution in [1.29, 1.82) is 0 Å². The molecule has 0 aromatic heterocycles. The lowest BCUT2D eigenvalue weighted by Crippen LogP contribution is -2.30. The van der Waals surface area contributed by atoms with Crippen LogP contribution < -0.4 is 4.74 Å². The van der Waals surface area contributed by atoms with Gasteiger partial charge in [-0.1, -0.05) is 0 Å². The van der Waals surface area contributed by atoms with Crippen molar-refractivity contribution in [2.75, 3.05) is 13.7 Å². The number of esters is 1. The fraction of sp³-hybridized carbons (Fsp3) is 0.417. The van der Waals surface area contributed by atoms with Crippen LogP contribution in [0.3, 0.4) is 0 Å². The Balaban J connectivity index is 3.07. The predicted molar refractivity (Wildman–Crippen MR) is 60.5 cm³/mol. The Morgan fingerprint density at radius 2 is 1.89 bits per heavy atom. The number of carbonyl (C=O) groups is 1. The van der Waals surface area contributed by atoms with Gasteiger partial charge in [0.25, 0.3) is 0 Å². The van der Waals surface area contributed by atoms with E-state index in [1.54, 1.807) is 0 Å². The Morgan fingerprint density at radius 1 is 1.32 bits per heavy atom. The van der Waals surface area contributed by atoms with E-state index in [2.05, 4.69) is 4.74 Å². The SMILES string of the molecule is CCOC(=O)C(O)C(O)c1cc(F)c(F)cc1OC. The molecule has 0 saturated carbocycles. The number of benzene rings is 1. The van der Waals surface area contributed by atoms with Crippen LogP contribution in [0.5, 0.6) is 5.75 Å². The molecule has 0 aliphatic carbocycles. The summed E-state index contributed by atoms with van der Waals surface area (Å²) in [5.74, 6) is -3.65. The molecule has 0 aliphatic rings. The molecule has 19 heavy (non-hydrogen) atoms. The lowest BCUT2D eigenvalue weighted by molar-refractivity contribution is -0.159. The highest BCUT2D eigenvalue weighted by Gasteiger charge is 2.30. The molecule has 5 nitrogen and oxygen atoms in total. The summed E-state index contributed by atoms with van der Waals surface area (Å²) in [5.41, 5.74) is -0.248. The fourth-order valence-electron chi connectivity index (χ4n) is 1.48. The Kier molecular flexibility index (Phi) is 5.20. The van der Waals surface area contributed by atoms with Crippen molar-refractivity contribution in [1.82, 2.24) is 0 Å². The maximum absolute atomic E-state index is 13.1. The Bertz CT molecular complexity index is 464. The van der Waals surface area contributed by atoms with Crippen LogP contribution in [-0.2, 0) is 9.53 Å². The van der Waals surface area contributed by atoms with Crippen molar-refractivity contribution >= 4 is 5.97 Å². The highest BCUT2D eigenvalue weighted by molar-refractivity contribution is 5.75. The number of aliphatic hydroxyl groups excluding tert-OH is 2. The van der Waals surface area contributed by atoms with E-state index >= 15 is 0 Å². The number of halogens is 2. The van der Waals surface area contributed by atoms with Crippen molar-refractivity contribution < 1.29 is 33.3 Å². The zero-order valence-corrected chi connectivity index (χ0v) is 10.4. The van der Waals surface area contributed by atoms with Gasteiger partial charge in [0.2, 0.25) is 0 Å². The second kappa shape index (κ2) is 6.44. The van der Waals surface area contributed by atoms with E-state index in [1.807, 2.05) is 0 Å². The third-order valence-corrected chi connectivity index (χ3v) is 2.42. The van der Waals surface area contributed by atoms with Gasteiger partial charge in [0, 0.05) is 11.6 Å². The molecule has 0 aliphatic heterocycles. The van der Waals surface area contributed by atoms with Gasteiger partial charge < -0.3 is 19.7 Å². The molecular formula is C12H14F2O5. The number of carbonyl (C=O) groups excluding carboxylic acids is 1. The summed E-state index contributed by atoms with van der Waals surface area (Å²) in [5, 5.41) is 19.3. The first kappa shape index (κ1) is 15.3. The van der Waals surface area contributed by atoms with Crippen LogP contribution >= 0.6 is 0 Å². The standard InChI is InChI=1S/C12H14F2O5/c1-3-19-12(17)11(16)10(15)6-4-7(13)8(14)5-9(6)18-2/h4-5,10-11,15-16H,3H2,1-2H3. The molecule has 0 bridgehead atoms. The number of ether oxygens (including phenoxy) is 2. The Labute approximate surface area is 108 Å². The summed E-state index contributed by atoms with van der Waals surface area (Å²) < 4.78 is 35.4. The molecule has 0 amide bonds. The fourth-order valence-corrected chi connectivity index (χ4v) is 1.48. The zero-order chi connectivity index (χ0) is 14.6. The normalized spacial score (nSPS) is 13.8. The number of hydrogen-bond donors (Lipinski definition) is 2. The van der Waals surface area contributed by atoms with Gasteiger partial charge in [-0.3, -0.25) is 0 Å². The van der Waals surface area contributed by atoms with Gasteiger partial charge in [-0.05, 0) is 13.0 Å². The summed E-state index contributed by atoms with van der Waals surface area (Å²) in [4.78, 5) is 11.3. The van der Waals surface area contributed by atoms with Crippen LogP contribution in [0.1, 0.15) is 18.6 Å². The number of methoxy groups -OCH3 is 1. The summed E-state index contributed by atoms with van der Waals surface area (Å²) in [6.07, 6.45) is -3.71. The minimum atomic E-state index is -1.92. The molecule has 1 rings (SSSR count). The summed E-state index contributed by atoms with van der Waals surface area (Å²) in [6.45, 7) is 1.53. The maximum Gasteiger partial charge on any atom is 0.338 e. The number of rotatable bonds is 5. The monoisotopic (exact) mass is 276 g/mol. The smallest absolute Gasteiger partial charge is 0.338 e. The first-order chi connectivity index (χ1) is 8.92. The lowest BCUT2D eigenvalue weighted by atomic mass is 10.0. The number of aliphatic hydroxyl groups is 2. The van der Waals surface area contributed by atoms with E-state index in [-0.39, 0.29) is 17.9 Å². The molecule has 0 spiro atoms. The van der Waals surface area contributed by atoms with Gasteiger partial charge in [-0.25, -0.2) is 13.6 Å². The summed E-state index contributed by atoms with van der Waals surface area (Å²) in [7, 11) is 1.18. The van der Waals surface area contributed by atoms with Crippen LogP contribution in [0, 0.1) is 11.6 Å². The first-order valence-electron chi connectivity index (χ1n) is 5.48. The minimum absolute atomic E-state index is 0.0114. The molecule has 2 N–H and O–H groups in total. The van der Waals surface area contributed by atoms with E-state index < -0.39 is 29.8 Å². The van der Waals surface area contributed by atoms with Crippen LogP contribution in [-0.4, -0.2) is 36.0 Å². The van der Waals surface area contributed by atoms with E-state index in [0.29, 0.717) is 12.1 Å². The van der Waals surface area contributed by atoms with Crippen molar-refractivity contribution in [3.63, 3.8) is 0 Å². The third-order valence-electron chi connectivity index (χ3n) is 2.42. The molecule has 2 unspecified atom stereocenters. The molecule has 7 heteroatoms. The first-order valence-corrected chi connectivity index (χ1v) is 5.48. The van der Waals surface area contributed by atoms with Crippen molar-refractivity contribution in [2.45, 2.75) is 19.1 Å². The lowest BCUT2D eigenvalue weighted by Gasteiger charge is -2.19. The highest BCUT2D eigenvalue weighted by atomic mass is 19.2. The van der Waals surface area contributed by atoms with Crippen LogP contribution in [0.2, 0.25) is 0 Å². The van der Waals surface area contributed by atoms with E-state index in [1.165, 1.54) is 14.0 Å². The summed E-state index contributed by atoms with van der Waals surface area (Å²) >= 11 is 0. The second-order valence-electron chi connectivity index (χ2n) is 3.65. The molecule has 0 saturated heterocycles. The largest absolute Gasteiger partial charge is 0.496 e. The molecule has 1 aromatic rings. The van der Waals surface area contributed by atoms with Crippen molar-refractivity contribution in [3.8, 4) is 5.75 Å². The third kappa shape index (κ3) is 3.39. The topological polar surface area (TPSA) is 76.0 Å². The van der Waals surface area contributed by atoms with E-state index in [4.69, 9.17) is 4.74 Å². The molecule has 0 fully saturated rings. The van der Waals surface area contributed by atoms with E-state index in [0.717, 1.165) is 0 Å². The molecule has 0 heterocycles. The molecular weight excluding hydrogens is 262 g/mol. The second-order valence-corrected chi connectivity index (χ2v) is 3.65. The number of hydrogen-bond acceptors (Lipinski definition) is 5. The van der Waals surface area contributed by atoms with Crippen LogP contribution in [0.4, 0.5) is 8.78 Å². The van der Waals surface area contributed by atoms with Gasteiger partial charge in [-0.2, -0.15) is 0 Å². The highest BCUT2D eigenvalue weighted by Crippen LogP contribution is 2.30. The van der Waals surface area contributed by atoms with Gasteiger partial charge in [0.05, 0.1) is 13.7 Å². The van der Waals surface area contributed by atoms with Gasteiger partial charge in [-0.15, -0.1) is 0 Å². The van der Waals surface area contributed by atoms with Crippen LogP contribution in [0.15, 0.2) is 12.1 Å². The average Bonchev–Trinajstić information content (AvgIpc) is 2.39. The average molecular weight is 276 g/mol. The van der Waals surface area contributed by atoms with Crippen LogP contribution in [0.25, 0.3) is 0 Å². The van der Waals surface area contributed by atoms with Crippen molar-refractivity contribution in [2.24, 2.45) is 0 Å². The molecule has 1 aromatic carbocycles. The maximum atomic E-state index is 13.1.